The number of nitrogens with zero attached hydrogens (tertiary/aromatic N) is 1. The minimum atomic E-state index is -0.211. The molecule has 3 nitrogen and oxygen atoms in total. The van der Waals surface area contributed by atoms with E-state index in [1.54, 1.807) is 12.1 Å². The van der Waals surface area contributed by atoms with Gasteiger partial charge in [-0.25, -0.2) is 9.18 Å². The van der Waals surface area contributed by atoms with Crippen LogP contribution in [-0.4, -0.2) is 29.7 Å². The zero-order chi connectivity index (χ0) is 16.2. The van der Waals surface area contributed by atoms with Crippen LogP contribution >= 0.6 is 0 Å². The lowest BCUT2D eigenvalue weighted by Gasteiger charge is -2.35. The highest BCUT2D eigenvalue weighted by molar-refractivity contribution is 5.70. The van der Waals surface area contributed by atoms with E-state index in [1.807, 2.05) is 4.90 Å². The van der Waals surface area contributed by atoms with Crippen molar-refractivity contribution in [2.24, 2.45) is 0 Å². The maximum Gasteiger partial charge on any atom is 0.410 e. The number of carbonyl (C=O) groups excluding carboxylic acids is 1. The van der Waals surface area contributed by atoms with Crippen LogP contribution in [0.15, 0.2) is 29.8 Å². The summed E-state index contributed by atoms with van der Waals surface area (Å²) >= 11 is 0. The van der Waals surface area contributed by atoms with Crippen molar-refractivity contribution in [3.63, 3.8) is 0 Å². The lowest BCUT2D eigenvalue weighted by atomic mass is 9.95. The molecule has 0 N–H and O–H groups in total. The van der Waals surface area contributed by atoms with E-state index in [0.29, 0.717) is 6.61 Å². The van der Waals surface area contributed by atoms with Gasteiger partial charge in [-0.2, -0.15) is 0 Å². The summed E-state index contributed by atoms with van der Waals surface area (Å²) in [6.45, 7) is 2.61. The van der Waals surface area contributed by atoms with E-state index < -0.39 is 0 Å². The number of piperidine rings is 1. The van der Waals surface area contributed by atoms with Gasteiger partial charge in [-0.3, -0.25) is 0 Å². The molecule has 2 aliphatic heterocycles. The number of hydrogen-bond acceptors (Lipinski definition) is 2. The Balaban J connectivity index is 1.64. The van der Waals surface area contributed by atoms with Crippen molar-refractivity contribution in [2.75, 3.05) is 6.61 Å². The number of ether oxygens (including phenoxy) is 1. The molecule has 1 aromatic carbocycles. The van der Waals surface area contributed by atoms with Gasteiger partial charge in [0.15, 0.2) is 0 Å². The van der Waals surface area contributed by atoms with E-state index in [0.717, 1.165) is 44.1 Å². The molecule has 0 aromatic heterocycles. The number of hydrogen-bond donors (Lipinski definition) is 0. The molecule has 2 fully saturated rings. The number of amides is 1. The molecule has 0 saturated carbocycles. The fourth-order valence-corrected chi connectivity index (χ4v) is 3.64. The second kappa shape index (κ2) is 7.16. The van der Waals surface area contributed by atoms with Crippen LogP contribution in [0.4, 0.5) is 9.18 Å². The molecule has 1 amide bonds. The first-order chi connectivity index (χ1) is 11.2. The van der Waals surface area contributed by atoms with Crippen molar-refractivity contribution in [3.8, 4) is 0 Å². The molecule has 3 rings (SSSR count). The maximum absolute atomic E-state index is 13.0. The fourth-order valence-electron chi connectivity index (χ4n) is 3.64. The fraction of sp³-hybridized carbons (Fsp3) is 0.526. The Bertz CT molecular complexity index is 566. The number of carbonyl (C=O) groups is 1. The summed E-state index contributed by atoms with van der Waals surface area (Å²) in [6, 6.07) is 7.09. The van der Waals surface area contributed by atoms with Gasteiger partial charge in [0.25, 0.3) is 0 Å². The highest BCUT2D eigenvalue weighted by Crippen LogP contribution is 2.39. The molecule has 2 unspecified atom stereocenters. The third-order valence-corrected chi connectivity index (χ3v) is 4.79. The standard InChI is InChI=1S/C19H24FNO2/c1-2-3-10-23-19(22)21-17-8-9-18(21)13-15(12-17)11-14-4-6-16(20)7-5-14/h4-7,11,17-18H,2-3,8-10,12-13H2,1H3. The van der Waals surface area contributed by atoms with E-state index in [1.165, 1.54) is 17.7 Å². The third-order valence-electron chi connectivity index (χ3n) is 4.79. The minimum absolute atomic E-state index is 0.146. The molecule has 4 heteroatoms. The molecule has 2 atom stereocenters. The van der Waals surface area contributed by atoms with Gasteiger partial charge in [-0.15, -0.1) is 0 Å². The van der Waals surface area contributed by atoms with Gasteiger partial charge in [-0.05, 0) is 49.8 Å². The molecule has 124 valence electrons. The average Bonchev–Trinajstić information content (AvgIpc) is 2.81. The monoisotopic (exact) mass is 317 g/mol. The van der Waals surface area contributed by atoms with Crippen molar-refractivity contribution >= 4 is 12.2 Å². The van der Waals surface area contributed by atoms with Crippen LogP contribution in [0.25, 0.3) is 6.08 Å². The molecule has 0 aliphatic carbocycles. The molecule has 2 saturated heterocycles. The molecular formula is C19H24FNO2. The van der Waals surface area contributed by atoms with Gasteiger partial charge >= 0.3 is 6.09 Å². The summed E-state index contributed by atoms with van der Waals surface area (Å²) in [6.07, 6.45) is 7.85. The van der Waals surface area contributed by atoms with Crippen molar-refractivity contribution in [3.05, 3.63) is 41.2 Å². The highest BCUT2D eigenvalue weighted by atomic mass is 19.1. The Hall–Kier alpha value is -1.84. The molecule has 1 aromatic rings. The second-order valence-electron chi connectivity index (χ2n) is 6.52. The van der Waals surface area contributed by atoms with Crippen molar-refractivity contribution in [1.29, 1.82) is 0 Å². The zero-order valence-corrected chi connectivity index (χ0v) is 13.6. The first kappa shape index (κ1) is 16.0. The summed E-state index contributed by atoms with van der Waals surface area (Å²) in [5.41, 5.74) is 2.38. The summed E-state index contributed by atoms with van der Waals surface area (Å²) in [4.78, 5) is 14.2. The first-order valence-electron chi connectivity index (χ1n) is 8.57. The van der Waals surface area contributed by atoms with Gasteiger partial charge in [0.1, 0.15) is 5.82 Å². The number of rotatable bonds is 4. The Labute approximate surface area is 137 Å². The SMILES string of the molecule is CCCCOC(=O)N1C2CCC1CC(=Cc1ccc(F)cc1)C2. The summed E-state index contributed by atoms with van der Waals surface area (Å²) in [7, 11) is 0. The topological polar surface area (TPSA) is 29.5 Å². The van der Waals surface area contributed by atoms with Gasteiger partial charge in [-0.1, -0.05) is 37.1 Å². The molecule has 0 spiro atoms. The van der Waals surface area contributed by atoms with Gasteiger partial charge in [0.2, 0.25) is 0 Å². The van der Waals surface area contributed by atoms with Crippen LogP contribution < -0.4 is 0 Å². The van der Waals surface area contributed by atoms with Crippen molar-refractivity contribution in [1.82, 2.24) is 4.90 Å². The number of benzene rings is 1. The van der Waals surface area contributed by atoms with Crippen LogP contribution in [-0.2, 0) is 4.74 Å². The van der Waals surface area contributed by atoms with Crippen molar-refractivity contribution < 1.29 is 13.9 Å². The molecule has 23 heavy (non-hydrogen) atoms. The van der Waals surface area contributed by atoms with Gasteiger partial charge < -0.3 is 9.64 Å². The van der Waals surface area contributed by atoms with Crippen molar-refractivity contribution in [2.45, 2.75) is 57.5 Å². The number of halogens is 1. The quantitative estimate of drug-likeness (QED) is 0.748. The maximum atomic E-state index is 13.0. The second-order valence-corrected chi connectivity index (χ2v) is 6.52. The lowest BCUT2D eigenvalue weighted by Crippen LogP contribution is -2.45. The molecule has 2 heterocycles. The predicted molar refractivity (Wildman–Crippen MR) is 88.5 cm³/mol. The van der Waals surface area contributed by atoms with Crippen LogP contribution in [0, 0.1) is 5.82 Å². The number of fused-ring (bicyclic) bond motifs is 2. The van der Waals surface area contributed by atoms with E-state index in [2.05, 4.69) is 13.0 Å². The average molecular weight is 317 g/mol. The normalized spacial score (nSPS) is 23.0. The molecule has 0 radical (unpaired) electrons. The van der Waals surface area contributed by atoms with E-state index >= 15 is 0 Å². The van der Waals surface area contributed by atoms with Crippen LogP contribution in [0.5, 0.6) is 0 Å². The van der Waals surface area contributed by atoms with Gasteiger partial charge in [0, 0.05) is 12.1 Å². The smallest absolute Gasteiger partial charge is 0.410 e. The molecular weight excluding hydrogens is 293 g/mol. The molecule has 2 aliphatic rings. The van der Waals surface area contributed by atoms with Crippen LogP contribution in [0.1, 0.15) is 51.0 Å². The Morgan fingerprint density at radius 2 is 1.91 bits per heavy atom. The largest absolute Gasteiger partial charge is 0.449 e. The predicted octanol–water partition coefficient (Wildman–Crippen LogP) is 4.77. The number of unbranched alkanes of at least 4 members (excludes halogenated alkanes) is 1. The van der Waals surface area contributed by atoms with Crippen LogP contribution in [0.3, 0.4) is 0 Å². The first-order valence-corrected chi connectivity index (χ1v) is 8.57. The lowest BCUT2D eigenvalue weighted by molar-refractivity contribution is 0.0766. The van der Waals surface area contributed by atoms with Crippen LogP contribution in [0.2, 0.25) is 0 Å². The van der Waals surface area contributed by atoms with E-state index in [9.17, 15) is 9.18 Å². The van der Waals surface area contributed by atoms with E-state index in [4.69, 9.17) is 4.74 Å². The Morgan fingerprint density at radius 3 is 2.52 bits per heavy atom. The Morgan fingerprint density at radius 1 is 1.26 bits per heavy atom. The van der Waals surface area contributed by atoms with Gasteiger partial charge in [0.05, 0.1) is 6.61 Å². The summed E-state index contributed by atoms with van der Waals surface area (Å²) < 4.78 is 18.4. The zero-order valence-electron chi connectivity index (χ0n) is 13.6. The van der Waals surface area contributed by atoms with E-state index in [-0.39, 0.29) is 24.0 Å². The highest BCUT2D eigenvalue weighted by Gasteiger charge is 2.42. The third kappa shape index (κ3) is 3.74. The Kier molecular flexibility index (Phi) is 4.99. The summed E-state index contributed by atoms with van der Waals surface area (Å²) in [5.74, 6) is -0.211. The summed E-state index contributed by atoms with van der Waals surface area (Å²) in [5, 5.41) is 0. The molecule has 2 bridgehead atoms. The minimum Gasteiger partial charge on any atom is -0.449 e.